The first-order chi connectivity index (χ1) is 7.47. The van der Waals surface area contributed by atoms with Crippen LogP contribution in [0.3, 0.4) is 0 Å². The Morgan fingerprint density at radius 3 is 2.75 bits per heavy atom. The molecule has 2 unspecified atom stereocenters. The fourth-order valence-electron chi connectivity index (χ4n) is 1.75. The Morgan fingerprint density at radius 1 is 1.44 bits per heavy atom. The van der Waals surface area contributed by atoms with Crippen LogP contribution >= 0.6 is 0 Å². The van der Waals surface area contributed by atoms with E-state index in [1.807, 2.05) is 0 Å². The van der Waals surface area contributed by atoms with Gasteiger partial charge in [-0.05, 0) is 47.1 Å². The van der Waals surface area contributed by atoms with Gasteiger partial charge >= 0.3 is 0 Å². The molecule has 1 rings (SSSR count). The monoisotopic (exact) mass is 229 g/mol. The van der Waals surface area contributed by atoms with Gasteiger partial charge < -0.3 is 14.8 Å². The van der Waals surface area contributed by atoms with Crippen molar-refractivity contribution in [2.45, 2.75) is 52.2 Å². The molecule has 1 saturated heterocycles. The standard InChI is InChI=1S/C13H27NO2/c1-11(5-7-14-13(2,3)4)16-10-12-6-8-15-9-12/h11-12,14H,5-10H2,1-4H3. The van der Waals surface area contributed by atoms with E-state index >= 15 is 0 Å². The van der Waals surface area contributed by atoms with Crippen LogP contribution in [0.15, 0.2) is 0 Å². The van der Waals surface area contributed by atoms with Crippen molar-refractivity contribution in [1.29, 1.82) is 0 Å². The van der Waals surface area contributed by atoms with Crippen molar-refractivity contribution in [3.63, 3.8) is 0 Å². The Bertz CT molecular complexity index is 183. The van der Waals surface area contributed by atoms with Crippen molar-refractivity contribution in [2.75, 3.05) is 26.4 Å². The maximum atomic E-state index is 5.82. The van der Waals surface area contributed by atoms with E-state index in [2.05, 4.69) is 33.0 Å². The normalized spacial score (nSPS) is 23.6. The molecule has 0 aromatic carbocycles. The lowest BCUT2D eigenvalue weighted by Gasteiger charge is -2.22. The van der Waals surface area contributed by atoms with Gasteiger partial charge in [0.15, 0.2) is 0 Å². The minimum Gasteiger partial charge on any atom is -0.381 e. The Hall–Kier alpha value is -0.120. The molecule has 1 fully saturated rings. The van der Waals surface area contributed by atoms with Crippen LogP contribution in [0.25, 0.3) is 0 Å². The molecule has 0 radical (unpaired) electrons. The molecule has 0 saturated carbocycles. The zero-order valence-electron chi connectivity index (χ0n) is 11.2. The molecule has 3 nitrogen and oxygen atoms in total. The lowest BCUT2D eigenvalue weighted by Crippen LogP contribution is -2.37. The zero-order chi connectivity index (χ0) is 12.0. The average molecular weight is 229 g/mol. The molecule has 0 aromatic heterocycles. The predicted molar refractivity (Wildman–Crippen MR) is 66.7 cm³/mol. The summed E-state index contributed by atoms with van der Waals surface area (Å²) in [6.07, 6.45) is 2.58. The van der Waals surface area contributed by atoms with Gasteiger partial charge in [0.2, 0.25) is 0 Å². The second-order valence-corrected chi connectivity index (χ2v) is 5.84. The van der Waals surface area contributed by atoms with Gasteiger partial charge in [-0.3, -0.25) is 0 Å². The summed E-state index contributed by atoms with van der Waals surface area (Å²) in [5.41, 5.74) is 0.207. The first-order valence-corrected chi connectivity index (χ1v) is 6.42. The summed E-state index contributed by atoms with van der Waals surface area (Å²) in [5.74, 6) is 0.623. The van der Waals surface area contributed by atoms with E-state index in [4.69, 9.17) is 9.47 Å². The van der Waals surface area contributed by atoms with Crippen LogP contribution in [0.2, 0.25) is 0 Å². The van der Waals surface area contributed by atoms with Gasteiger partial charge in [-0.1, -0.05) is 0 Å². The summed E-state index contributed by atoms with van der Waals surface area (Å²) in [4.78, 5) is 0. The number of nitrogens with one attached hydrogen (secondary N) is 1. The molecular formula is C13H27NO2. The molecule has 96 valence electrons. The van der Waals surface area contributed by atoms with Crippen LogP contribution in [-0.4, -0.2) is 38.0 Å². The number of hydrogen-bond donors (Lipinski definition) is 1. The van der Waals surface area contributed by atoms with Crippen molar-refractivity contribution in [3.8, 4) is 0 Å². The van der Waals surface area contributed by atoms with E-state index in [9.17, 15) is 0 Å². The number of ether oxygens (including phenoxy) is 2. The predicted octanol–water partition coefficient (Wildman–Crippen LogP) is 2.21. The van der Waals surface area contributed by atoms with Gasteiger partial charge in [-0.25, -0.2) is 0 Å². The Kier molecular flexibility index (Phi) is 5.73. The molecule has 1 aliphatic rings. The second-order valence-electron chi connectivity index (χ2n) is 5.84. The highest BCUT2D eigenvalue weighted by Crippen LogP contribution is 2.13. The number of hydrogen-bond acceptors (Lipinski definition) is 3. The van der Waals surface area contributed by atoms with Crippen LogP contribution in [0.1, 0.15) is 40.5 Å². The molecule has 1 N–H and O–H groups in total. The van der Waals surface area contributed by atoms with Crippen LogP contribution in [-0.2, 0) is 9.47 Å². The largest absolute Gasteiger partial charge is 0.381 e. The Morgan fingerprint density at radius 2 is 2.19 bits per heavy atom. The van der Waals surface area contributed by atoms with Gasteiger partial charge in [0, 0.05) is 18.1 Å². The highest BCUT2D eigenvalue weighted by Gasteiger charge is 2.17. The first kappa shape index (κ1) is 13.9. The molecule has 0 amide bonds. The molecule has 0 aliphatic carbocycles. The van der Waals surface area contributed by atoms with Crippen molar-refractivity contribution < 1.29 is 9.47 Å². The Balaban J connectivity index is 2.00. The van der Waals surface area contributed by atoms with Crippen LogP contribution < -0.4 is 5.32 Å². The van der Waals surface area contributed by atoms with Crippen molar-refractivity contribution in [1.82, 2.24) is 5.32 Å². The summed E-state index contributed by atoms with van der Waals surface area (Å²) >= 11 is 0. The zero-order valence-corrected chi connectivity index (χ0v) is 11.2. The van der Waals surface area contributed by atoms with Gasteiger partial charge in [-0.2, -0.15) is 0 Å². The molecule has 0 bridgehead atoms. The van der Waals surface area contributed by atoms with Crippen molar-refractivity contribution in [2.24, 2.45) is 5.92 Å². The minimum atomic E-state index is 0.207. The molecule has 1 aliphatic heterocycles. The molecule has 1 heterocycles. The van der Waals surface area contributed by atoms with E-state index in [1.165, 1.54) is 0 Å². The summed E-state index contributed by atoms with van der Waals surface area (Å²) in [5, 5.41) is 3.48. The highest BCUT2D eigenvalue weighted by atomic mass is 16.5. The topological polar surface area (TPSA) is 30.5 Å². The van der Waals surface area contributed by atoms with E-state index in [-0.39, 0.29) is 5.54 Å². The molecule has 3 heteroatoms. The quantitative estimate of drug-likeness (QED) is 0.757. The second kappa shape index (κ2) is 6.58. The van der Waals surface area contributed by atoms with Crippen molar-refractivity contribution >= 4 is 0 Å². The van der Waals surface area contributed by atoms with E-state index < -0.39 is 0 Å². The van der Waals surface area contributed by atoms with Crippen LogP contribution in [0.4, 0.5) is 0 Å². The third-order valence-corrected chi connectivity index (χ3v) is 2.85. The molecule has 2 atom stereocenters. The average Bonchev–Trinajstić information content (AvgIpc) is 2.65. The fourth-order valence-corrected chi connectivity index (χ4v) is 1.75. The molecule has 0 spiro atoms. The third-order valence-electron chi connectivity index (χ3n) is 2.85. The smallest absolute Gasteiger partial charge is 0.0559 e. The summed E-state index contributed by atoms with van der Waals surface area (Å²) < 4.78 is 11.1. The Labute approximate surface area is 99.9 Å². The first-order valence-electron chi connectivity index (χ1n) is 6.42. The third kappa shape index (κ3) is 6.46. The maximum Gasteiger partial charge on any atom is 0.0559 e. The van der Waals surface area contributed by atoms with E-state index in [0.29, 0.717) is 12.0 Å². The van der Waals surface area contributed by atoms with Gasteiger partial charge in [0.1, 0.15) is 0 Å². The highest BCUT2D eigenvalue weighted by molar-refractivity contribution is 4.71. The van der Waals surface area contributed by atoms with Gasteiger partial charge in [0.25, 0.3) is 0 Å². The fraction of sp³-hybridized carbons (Fsp3) is 1.00. The SMILES string of the molecule is CC(CCNC(C)(C)C)OCC1CCOC1. The summed E-state index contributed by atoms with van der Waals surface area (Å²) in [7, 11) is 0. The van der Waals surface area contributed by atoms with E-state index in [1.54, 1.807) is 0 Å². The van der Waals surface area contributed by atoms with Gasteiger partial charge in [0.05, 0.1) is 19.3 Å². The maximum absolute atomic E-state index is 5.82. The lowest BCUT2D eigenvalue weighted by molar-refractivity contribution is 0.0316. The van der Waals surface area contributed by atoms with Crippen LogP contribution in [0, 0.1) is 5.92 Å². The van der Waals surface area contributed by atoms with E-state index in [0.717, 1.165) is 39.2 Å². The van der Waals surface area contributed by atoms with Crippen LogP contribution in [0.5, 0.6) is 0 Å². The summed E-state index contributed by atoms with van der Waals surface area (Å²) in [6, 6.07) is 0. The lowest BCUT2D eigenvalue weighted by atomic mass is 10.1. The van der Waals surface area contributed by atoms with Gasteiger partial charge in [-0.15, -0.1) is 0 Å². The summed E-state index contributed by atoms with van der Waals surface area (Å²) in [6.45, 7) is 12.4. The molecule has 0 aromatic rings. The van der Waals surface area contributed by atoms with Crippen molar-refractivity contribution in [3.05, 3.63) is 0 Å². The number of rotatable bonds is 6. The molecule has 16 heavy (non-hydrogen) atoms. The minimum absolute atomic E-state index is 0.207. The molecular weight excluding hydrogens is 202 g/mol.